The van der Waals surface area contributed by atoms with Gasteiger partial charge in [0.1, 0.15) is 0 Å². The second-order valence-corrected chi connectivity index (χ2v) is 6.04. The molecule has 0 spiro atoms. The monoisotopic (exact) mass is 351 g/mol. The van der Waals surface area contributed by atoms with Gasteiger partial charge in [-0.2, -0.15) is 0 Å². The smallest absolute Gasteiger partial charge is 0.0485 e. The normalized spacial score (nSPS) is 12.2. The van der Waals surface area contributed by atoms with Crippen molar-refractivity contribution in [3.63, 3.8) is 0 Å². The lowest BCUT2D eigenvalue weighted by Crippen LogP contribution is -2.07. The maximum absolute atomic E-state index is 3.54. The molecule has 0 amide bonds. The number of hydrogen-bond donors (Lipinski definition) is 1. The van der Waals surface area contributed by atoms with E-state index in [1.165, 1.54) is 25.9 Å². The van der Waals surface area contributed by atoms with Crippen molar-refractivity contribution in [3.8, 4) is 0 Å². The van der Waals surface area contributed by atoms with Crippen LogP contribution in [0.4, 0.5) is 5.69 Å². The topological polar surface area (TPSA) is 12.0 Å². The number of aryl methyl sites for hydroxylation is 2. The molecule has 18 heavy (non-hydrogen) atoms. The number of rotatable bonds is 3. The average molecular weight is 351 g/mol. The Labute approximate surface area is 123 Å². The van der Waals surface area contributed by atoms with Gasteiger partial charge in [0.15, 0.2) is 0 Å². The minimum absolute atomic E-state index is 0.323. The Hall–Kier alpha value is -1.03. The second-order valence-electron chi connectivity index (χ2n) is 4.79. The van der Waals surface area contributed by atoms with Gasteiger partial charge in [0, 0.05) is 15.3 Å². The van der Waals surface area contributed by atoms with Crippen LogP contribution in [0.5, 0.6) is 0 Å². The fourth-order valence-electron chi connectivity index (χ4n) is 2.14. The van der Waals surface area contributed by atoms with E-state index in [0.717, 1.165) is 0 Å². The van der Waals surface area contributed by atoms with Crippen molar-refractivity contribution in [2.75, 3.05) is 5.32 Å². The van der Waals surface area contributed by atoms with E-state index in [-0.39, 0.29) is 0 Å². The maximum Gasteiger partial charge on any atom is 0.0485 e. The molecule has 1 unspecified atom stereocenters. The largest absolute Gasteiger partial charge is 0.379 e. The molecular weight excluding hydrogens is 333 g/mol. The molecule has 1 atom stereocenters. The van der Waals surface area contributed by atoms with E-state index in [9.17, 15) is 0 Å². The zero-order valence-electron chi connectivity index (χ0n) is 11.0. The van der Waals surface area contributed by atoms with Gasteiger partial charge in [0.25, 0.3) is 0 Å². The van der Waals surface area contributed by atoms with Crippen molar-refractivity contribution in [2.45, 2.75) is 26.8 Å². The Bertz CT molecular complexity index is 511. The molecule has 0 heterocycles. The van der Waals surface area contributed by atoms with Crippen LogP contribution < -0.4 is 5.32 Å². The van der Waals surface area contributed by atoms with Gasteiger partial charge < -0.3 is 5.32 Å². The minimum Gasteiger partial charge on any atom is -0.379 e. The first-order chi connectivity index (χ1) is 8.54. The molecule has 0 fully saturated rings. The summed E-state index contributed by atoms with van der Waals surface area (Å²) in [6.07, 6.45) is 0. The molecule has 0 aliphatic carbocycles. The molecule has 94 valence electrons. The molecule has 1 N–H and O–H groups in total. The van der Waals surface area contributed by atoms with Gasteiger partial charge in [-0.25, -0.2) is 0 Å². The van der Waals surface area contributed by atoms with E-state index in [1.54, 1.807) is 0 Å². The van der Waals surface area contributed by atoms with Crippen LogP contribution in [-0.2, 0) is 0 Å². The van der Waals surface area contributed by atoms with Gasteiger partial charge in [0.05, 0.1) is 0 Å². The van der Waals surface area contributed by atoms with Crippen molar-refractivity contribution >= 4 is 28.3 Å². The lowest BCUT2D eigenvalue weighted by atomic mass is 10.0. The number of benzene rings is 2. The predicted molar refractivity (Wildman–Crippen MR) is 87.1 cm³/mol. The molecule has 1 nitrogen and oxygen atoms in total. The van der Waals surface area contributed by atoms with E-state index >= 15 is 0 Å². The molecule has 0 saturated heterocycles. The Kier molecular flexibility index (Phi) is 4.27. The molecule has 0 aliphatic rings. The van der Waals surface area contributed by atoms with Gasteiger partial charge in [-0.05, 0) is 73.2 Å². The number of hydrogen-bond acceptors (Lipinski definition) is 1. The van der Waals surface area contributed by atoms with E-state index in [1.807, 2.05) is 0 Å². The first-order valence-corrected chi connectivity index (χ1v) is 7.23. The Morgan fingerprint density at radius 2 is 1.50 bits per heavy atom. The highest BCUT2D eigenvalue weighted by Gasteiger charge is 2.06. The number of anilines is 1. The van der Waals surface area contributed by atoms with Crippen LogP contribution in [0.1, 0.15) is 29.7 Å². The fraction of sp³-hybridized carbons (Fsp3) is 0.250. The van der Waals surface area contributed by atoms with Gasteiger partial charge in [-0.3, -0.25) is 0 Å². The second kappa shape index (κ2) is 5.74. The van der Waals surface area contributed by atoms with E-state index in [2.05, 4.69) is 91.1 Å². The summed E-state index contributed by atoms with van der Waals surface area (Å²) in [5.41, 5.74) is 5.15. The first kappa shape index (κ1) is 13.4. The number of nitrogens with one attached hydrogen (secondary N) is 1. The van der Waals surface area contributed by atoms with Crippen molar-refractivity contribution in [1.82, 2.24) is 0 Å². The van der Waals surface area contributed by atoms with Gasteiger partial charge in [-0.15, -0.1) is 0 Å². The Morgan fingerprint density at radius 1 is 0.944 bits per heavy atom. The third-order valence-corrected chi connectivity index (χ3v) is 3.69. The summed E-state index contributed by atoms with van der Waals surface area (Å²) in [7, 11) is 0. The lowest BCUT2D eigenvalue weighted by Gasteiger charge is -2.17. The molecule has 0 saturated carbocycles. The van der Waals surface area contributed by atoms with E-state index in [0.29, 0.717) is 6.04 Å². The van der Waals surface area contributed by atoms with Crippen LogP contribution in [0.2, 0.25) is 0 Å². The van der Waals surface area contributed by atoms with E-state index in [4.69, 9.17) is 0 Å². The SMILES string of the molecule is Cc1cc(C)cc(C(C)Nc2ccc(I)cc2)c1. The standard InChI is InChI=1S/C16H18IN/c1-11-8-12(2)10-14(9-11)13(3)18-16-6-4-15(17)5-7-16/h4-10,13,18H,1-3H3. The Morgan fingerprint density at radius 3 is 2.06 bits per heavy atom. The maximum atomic E-state index is 3.54. The molecule has 0 aromatic heterocycles. The molecule has 2 aromatic rings. The zero-order valence-corrected chi connectivity index (χ0v) is 13.2. The summed E-state index contributed by atoms with van der Waals surface area (Å²) in [4.78, 5) is 0. The molecular formula is C16H18IN. The summed E-state index contributed by atoms with van der Waals surface area (Å²) in [5.74, 6) is 0. The fourth-order valence-corrected chi connectivity index (χ4v) is 2.50. The highest BCUT2D eigenvalue weighted by molar-refractivity contribution is 14.1. The first-order valence-electron chi connectivity index (χ1n) is 6.15. The minimum atomic E-state index is 0.323. The van der Waals surface area contributed by atoms with Crippen molar-refractivity contribution in [1.29, 1.82) is 0 Å². The molecule has 0 aliphatic heterocycles. The summed E-state index contributed by atoms with van der Waals surface area (Å²) < 4.78 is 1.26. The van der Waals surface area contributed by atoms with Crippen LogP contribution in [-0.4, -0.2) is 0 Å². The van der Waals surface area contributed by atoms with Crippen LogP contribution in [0.15, 0.2) is 42.5 Å². The molecule has 0 bridgehead atoms. The third kappa shape index (κ3) is 3.48. The van der Waals surface area contributed by atoms with Crippen LogP contribution >= 0.6 is 22.6 Å². The molecule has 2 heteroatoms. The zero-order chi connectivity index (χ0) is 13.1. The van der Waals surface area contributed by atoms with Crippen molar-refractivity contribution < 1.29 is 0 Å². The van der Waals surface area contributed by atoms with Gasteiger partial charge in [0.2, 0.25) is 0 Å². The van der Waals surface area contributed by atoms with E-state index < -0.39 is 0 Å². The average Bonchev–Trinajstić information content (AvgIpc) is 2.31. The molecule has 2 aromatic carbocycles. The van der Waals surface area contributed by atoms with Gasteiger partial charge >= 0.3 is 0 Å². The predicted octanol–water partition coefficient (Wildman–Crippen LogP) is 5.08. The van der Waals surface area contributed by atoms with Crippen LogP contribution in [0, 0.1) is 17.4 Å². The molecule has 0 radical (unpaired) electrons. The summed E-state index contributed by atoms with van der Waals surface area (Å²) in [6.45, 7) is 6.49. The summed E-state index contributed by atoms with van der Waals surface area (Å²) in [6, 6.07) is 15.5. The summed E-state index contributed by atoms with van der Waals surface area (Å²) >= 11 is 2.32. The lowest BCUT2D eigenvalue weighted by molar-refractivity contribution is 0.880. The third-order valence-electron chi connectivity index (χ3n) is 2.97. The van der Waals surface area contributed by atoms with Crippen LogP contribution in [0.3, 0.4) is 0 Å². The highest BCUT2D eigenvalue weighted by atomic mass is 127. The highest BCUT2D eigenvalue weighted by Crippen LogP contribution is 2.22. The number of halogens is 1. The van der Waals surface area contributed by atoms with Gasteiger partial charge in [-0.1, -0.05) is 29.3 Å². The molecule has 2 rings (SSSR count). The Balaban J connectivity index is 2.16. The van der Waals surface area contributed by atoms with Crippen LogP contribution in [0.25, 0.3) is 0 Å². The summed E-state index contributed by atoms with van der Waals surface area (Å²) in [5, 5.41) is 3.54. The quantitative estimate of drug-likeness (QED) is 0.761. The van der Waals surface area contributed by atoms with Crippen molar-refractivity contribution in [2.24, 2.45) is 0 Å². The van der Waals surface area contributed by atoms with Crippen molar-refractivity contribution in [3.05, 3.63) is 62.7 Å².